The highest BCUT2D eigenvalue weighted by molar-refractivity contribution is 7.14. The molecule has 1 amide bonds. The van der Waals surface area contributed by atoms with Crippen LogP contribution in [0.5, 0.6) is 5.75 Å². The molecule has 4 nitrogen and oxygen atoms in total. The highest BCUT2D eigenvalue weighted by atomic mass is 35.5. The number of ether oxygens (including phenoxy) is 1. The quantitative estimate of drug-likeness (QED) is 0.363. The average Bonchev–Trinajstić information content (AvgIpc) is 3.15. The lowest BCUT2D eigenvalue weighted by Gasteiger charge is -2.07. The number of nitrogens with zero attached hydrogens (tertiary/aromatic N) is 1. The molecule has 0 aliphatic rings. The van der Waals surface area contributed by atoms with Gasteiger partial charge in [0.15, 0.2) is 5.13 Å². The number of aromatic nitrogens is 1. The molecule has 0 bridgehead atoms. The normalized spacial score (nSPS) is 10.7. The topological polar surface area (TPSA) is 51.2 Å². The number of carbonyl (C=O) groups is 1. The van der Waals surface area contributed by atoms with Crippen molar-refractivity contribution >= 4 is 45.6 Å². The molecule has 0 fully saturated rings. The standard InChI is InChI=1S/C22H22Cl2N2O2S/c1-2-4-15-6-9-17(10-7-15)28-12-3-5-21(27)26-22-25-20(14-29-22)18-11-8-16(23)13-19(18)24/h6-11,13-14H,2-5,12H2,1H3,(H,25,26,27). The van der Waals surface area contributed by atoms with Crippen LogP contribution in [0.3, 0.4) is 0 Å². The van der Waals surface area contributed by atoms with E-state index in [4.69, 9.17) is 27.9 Å². The number of hydrogen-bond donors (Lipinski definition) is 1. The molecule has 0 atom stereocenters. The molecule has 0 aliphatic carbocycles. The van der Waals surface area contributed by atoms with Gasteiger partial charge < -0.3 is 10.1 Å². The molecule has 0 spiro atoms. The number of anilines is 1. The van der Waals surface area contributed by atoms with Gasteiger partial charge in [-0.2, -0.15) is 0 Å². The Bertz CT molecular complexity index is 958. The van der Waals surface area contributed by atoms with Crippen molar-refractivity contribution in [1.82, 2.24) is 4.98 Å². The molecule has 3 rings (SSSR count). The van der Waals surface area contributed by atoms with E-state index in [2.05, 4.69) is 29.4 Å². The largest absolute Gasteiger partial charge is 0.494 e. The number of carbonyl (C=O) groups excluding carboxylic acids is 1. The Labute approximate surface area is 184 Å². The summed E-state index contributed by atoms with van der Waals surface area (Å²) in [6.07, 6.45) is 3.19. The molecule has 1 N–H and O–H groups in total. The van der Waals surface area contributed by atoms with Gasteiger partial charge in [-0.1, -0.05) is 48.7 Å². The molecule has 0 saturated carbocycles. The van der Waals surface area contributed by atoms with Crippen molar-refractivity contribution in [3.05, 3.63) is 63.5 Å². The maximum atomic E-state index is 12.2. The van der Waals surface area contributed by atoms with Crippen LogP contribution in [0.1, 0.15) is 31.7 Å². The molecule has 1 heterocycles. The van der Waals surface area contributed by atoms with Crippen LogP contribution in [0.2, 0.25) is 10.0 Å². The fourth-order valence-electron chi connectivity index (χ4n) is 2.80. The van der Waals surface area contributed by atoms with E-state index in [-0.39, 0.29) is 5.91 Å². The Kier molecular flexibility index (Phi) is 7.92. The van der Waals surface area contributed by atoms with Crippen LogP contribution in [0.15, 0.2) is 47.8 Å². The van der Waals surface area contributed by atoms with E-state index in [9.17, 15) is 4.79 Å². The third-order valence-corrected chi connectivity index (χ3v) is 5.54. The van der Waals surface area contributed by atoms with Gasteiger partial charge in [-0.05, 0) is 48.7 Å². The third-order valence-electron chi connectivity index (χ3n) is 4.24. The molecular weight excluding hydrogens is 427 g/mol. The minimum atomic E-state index is -0.0880. The van der Waals surface area contributed by atoms with E-state index in [1.54, 1.807) is 12.1 Å². The Morgan fingerprint density at radius 2 is 1.97 bits per heavy atom. The highest BCUT2D eigenvalue weighted by Crippen LogP contribution is 2.32. The van der Waals surface area contributed by atoms with E-state index in [1.165, 1.54) is 16.9 Å². The van der Waals surface area contributed by atoms with Gasteiger partial charge >= 0.3 is 0 Å². The molecule has 3 aromatic rings. The Hall–Kier alpha value is -2.08. The first-order valence-corrected chi connectivity index (χ1v) is 11.1. The summed E-state index contributed by atoms with van der Waals surface area (Å²) in [5.74, 6) is 0.740. The second-order valence-electron chi connectivity index (χ2n) is 6.56. The lowest BCUT2D eigenvalue weighted by molar-refractivity contribution is -0.116. The second-order valence-corrected chi connectivity index (χ2v) is 8.26. The first-order chi connectivity index (χ1) is 14.0. The summed E-state index contributed by atoms with van der Waals surface area (Å²) < 4.78 is 5.71. The van der Waals surface area contributed by atoms with E-state index in [0.717, 1.165) is 24.2 Å². The van der Waals surface area contributed by atoms with Crippen molar-refractivity contribution in [2.24, 2.45) is 0 Å². The van der Waals surface area contributed by atoms with Gasteiger partial charge in [-0.25, -0.2) is 4.98 Å². The molecule has 0 unspecified atom stereocenters. The van der Waals surface area contributed by atoms with Gasteiger partial charge in [0.25, 0.3) is 0 Å². The molecule has 0 aliphatic heterocycles. The van der Waals surface area contributed by atoms with Crippen LogP contribution in [0.4, 0.5) is 5.13 Å². The van der Waals surface area contributed by atoms with Crippen LogP contribution in [-0.2, 0) is 11.2 Å². The number of rotatable bonds is 9. The van der Waals surface area contributed by atoms with Crippen LogP contribution >= 0.6 is 34.5 Å². The predicted octanol–water partition coefficient (Wildman–Crippen LogP) is 6.87. The van der Waals surface area contributed by atoms with Crippen molar-refractivity contribution in [1.29, 1.82) is 0 Å². The molecule has 152 valence electrons. The molecule has 7 heteroatoms. The predicted molar refractivity (Wildman–Crippen MR) is 121 cm³/mol. The number of aryl methyl sites for hydroxylation is 1. The van der Waals surface area contributed by atoms with Gasteiger partial charge in [0.1, 0.15) is 5.75 Å². The van der Waals surface area contributed by atoms with E-state index >= 15 is 0 Å². The van der Waals surface area contributed by atoms with Gasteiger partial charge in [-0.3, -0.25) is 4.79 Å². The van der Waals surface area contributed by atoms with E-state index in [0.29, 0.717) is 40.3 Å². The number of nitrogens with one attached hydrogen (secondary N) is 1. The zero-order chi connectivity index (χ0) is 20.6. The summed E-state index contributed by atoms with van der Waals surface area (Å²) in [5, 5.41) is 6.33. The van der Waals surface area contributed by atoms with Crippen LogP contribution in [0.25, 0.3) is 11.3 Å². The Morgan fingerprint density at radius 3 is 2.69 bits per heavy atom. The second kappa shape index (κ2) is 10.6. The van der Waals surface area contributed by atoms with Gasteiger partial charge in [0, 0.05) is 22.4 Å². The van der Waals surface area contributed by atoms with Gasteiger partial charge in [0.05, 0.1) is 17.3 Å². The van der Waals surface area contributed by atoms with Crippen molar-refractivity contribution in [3.63, 3.8) is 0 Å². The number of thiazole rings is 1. The van der Waals surface area contributed by atoms with Crippen LogP contribution in [0, 0.1) is 0 Å². The molecule has 0 radical (unpaired) electrons. The minimum absolute atomic E-state index is 0.0880. The maximum absolute atomic E-state index is 12.2. The summed E-state index contributed by atoms with van der Waals surface area (Å²) in [6.45, 7) is 2.65. The summed E-state index contributed by atoms with van der Waals surface area (Å²) in [6, 6.07) is 13.4. The highest BCUT2D eigenvalue weighted by Gasteiger charge is 2.11. The molecule has 0 saturated heterocycles. The monoisotopic (exact) mass is 448 g/mol. The number of amides is 1. The summed E-state index contributed by atoms with van der Waals surface area (Å²) in [5.41, 5.74) is 2.80. The van der Waals surface area contributed by atoms with Crippen LogP contribution in [-0.4, -0.2) is 17.5 Å². The molecule has 29 heavy (non-hydrogen) atoms. The molecule has 2 aromatic carbocycles. The third kappa shape index (κ3) is 6.46. The zero-order valence-electron chi connectivity index (χ0n) is 16.1. The average molecular weight is 449 g/mol. The van der Waals surface area contributed by atoms with Crippen molar-refractivity contribution in [3.8, 4) is 17.0 Å². The van der Waals surface area contributed by atoms with Crippen molar-refractivity contribution in [2.75, 3.05) is 11.9 Å². The number of hydrogen-bond acceptors (Lipinski definition) is 4. The summed E-state index contributed by atoms with van der Waals surface area (Å²) >= 11 is 13.5. The van der Waals surface area contributed by atoms with Gasteiger partial charge in [0.2, 0.25) is 5.91 Å². The molecular formula is C22H22Cl2N2O2S. The van der Waals surface area contributed by atoms with Crippen molar-refractivity contribution < 1.29 is 9.53 Å². The lowest BCUT2D eigenvalue weighted by Crippen LogP contribution is -2.12. The summed E-state index contributed by atoms with van der Waals surface area (Å²) in [7, 11) is 0. The Balaban J connectivity index is 1.43. The van der Waals surface area contributed by atoms with Gasteiger partial charge in [-0.15, -0.1) is 11.3 Å². The molecule has 1 aromatic heterocycles. The summed E-state index contributed by atoms with van der Waals surface area (Å²) in [4.78, 5) is 16.6. The smallest absolute Gasteiger partial charge is 0.226 e. The van der Waals surface area contributed by atoms with Crippen molar-refractivity contribution in [2.45, 2.75) is 32.6 Å². The number of halogens is 2. The van der Waals surface area contributed by atoms with E-state index < -0.39 is 0 Å². The van der Waals surface area contributed by atoms with E-state index in [1.807, 2.05) is 23.6 Å². The fraction of sp³-hybridized carbons (Fsp3) is 0.273. The lowest BCUT2D eigenvalue weighted by atomic mass is 10.1. The number of benzene rings is 2. The SMILES string of the molecule is CCCc1ccc(OCCCC(=O)Nc2nc(-c3ccc(Cl)cc3Cl)cs2)cc1. The maximum Gasteiger partial charge on any atom is 0.226 e. The Morgan fingerprint density at radius 1 is 1.17 bits per heavy atom. The minimum Gasteiger partial charge on any atom is -0.494 e. The zero-order valence-corrected chi connectivity index (χ0v) is 18.4. The first kappa shape index (κ1) is 21.6. The first-order valence-electron chi connectivity index (χ1n) is 9.47. The fourth-order valence-corrected chi connectivity index (χ4v) is 4.03. The van der Waals surface area contributed by atoms with Crippen LogP contribution < -0.4 is 10.1 Å².